The van der Waals surface area contributed by atoms with E-state index in [2.05, 4.69) is 6.92 Å². The van der Waals surface area contributed by atoms with Crippen molar-refractivity contribution in [3.8, 4) is 0 Å². The molecule has 1 atom stereocenters. The van der Waals surface area contributed by atoms with Crippen molar-refractivity contribution >= 4 is 18.0 Å². The Bertz CT molecular complexity index is 539. The van der Waals surface area contributed by atoms with Crippen LogP contribution in [0.4, 0.5) is 0 Å². The average molecular weight is 315 g/mol. The van der Waals surface area contributed by atoms with Gasteiger partial charge in [0.05, 0.1) is 12.5 Å². The van der Waals surface area contributed by atoms with Crippen molar-refractivity contribution in [1.82, 2.24) is 4.90 Å². The first-order valence-corrected chi connectivity index (χ1v) is 8.36. The highest BCUT2D eigenvalue weighted by Gasteiger charge is 2.27. The zero-order valence-corrected chi connectivity index (χ0v) is 13.7. The Hall–Kier alpha value is -2.10. The second-order valence-electron chi connectivity index (χ2n) is 5.84. The van der Waals surface area contributed by atoms with Gasteiger partial charge in [0, 0.05) is 19.5 Å². The number of carbonyl (C=O) groups excluding carboxylic acids is 2. The van der Waals surface area contributed by atoms with Crippen molar-refractivity contribution in [2.45, 2.75) is 32.6 Å². The van der Waals surface area contributed by atoms with Gasteiger partial charge in [-0.1, -0.05) is 49.4 Å². The molecule has 1 saturated heterocycles. The van der Waals surface area contributed by atoms with Gasteiger partial charge in [-0.25, -0.2) is 0 Å². The third-order valence-electron chi connectivity index (χ3n) is 4.03. The van der Waals surface area contributed by atoms with Gasteiger partial charge >= 0.3 is 5.97 Å². The predicted octanol–water partition coefficient (Wildman–Crippen LogP) is 3.28. The minimum atomic E-state index is -0.149. The van der Waals surface area contributed by atoms with Crippen LogP contribution in [-0.2, 0) is 14.3 Å². The molecule has 1 unspecified atom stereocenters. The fourth-order valence-corrected chi connectivity index (χ4v) is 2.72. The van der Waals surface area contributed by atoms with Crippen LogP contribution in [0.3, 0.4) is 0 Å². The summed E-state index contributed by atoms with van der Waals surface area (Å²) in [6, 6.07) is 10.0. The Labute approximate surface area is 138 Å². The van der Waals surface area contributed by atoms with Crippen molar-refractivity contribution in [1.29, 1.82) is 0 Å². The van der Waals surface area contributed by atoms with E-state index in [0.29, 0.717) is 26.0 Å². The van der Waals surface area contributed by atoms with Gasteiger partial charge in [-0.2, -0.15) is 0 Å². The van der Waals surface area contributed by atoms with Crippen molar-refractivity contribution in [2.75, 3.05) is 19.7 Å². The molecule has 0 radical (unpaired) electrons. The molecule has 23 heavy (non-hydrogen) atoms. The van der Waals surface area contributed by atoms with Gasteiger partial charge in [0.15, 0.2) is 0 Å². The molecule has 4 nitrogen and oxygen atoms in total. The number of cyclic esters (lactones) is 1. The number of carbonyl (C=O) groups is 2. The molecule has 1 aliphatic heterocycles. The number of amides is 1. The van der Waals surface area contributed by atoms with E-state index in [-0.39, 0.29) is 17.8 Å². The summed E-state index contributed by atoms with van der Waals surface area (Å²) in [7, 11) is 0. The van der Waals surface area contributed by atoms with E-state index in [1.54, 1.807) is 0 Å². The number of hydrogen-bond donors (Lipinski definition) is 0. The van der Waals surface area contributed by atoms with Crippen molar-refractivity contribution in [3.05, 3.63) is 42.0 Å². The van der Waals surface area contributed by atoms with Gasteiger partial charge in [0.1, 0.15) is 0 Å². The van der Waals surface area contributed by atoms with Gasteiger partial charge in [0.25, 0.3) is 0 Å². The summed E-state index contributed by atoms with van der Waals surface area (Å²) in [6.07, 6.45) is 6.74. The molecule has 0 aromatic heterocycles. The third kappa shape index (κ3) is 5.55. The number of esters is 1. The van der Waals surface area contributed by atoms with Crippen molar-refractivity contribution < 1.29 is 14.3 Å². The average Bonchev–Trinajstić information content (AvgIpc) is 2.98. The van der Waals surface area contributed by atoms with Crippen molar-refractivity contribution in [2.24, 2.45) is 5.92 Å². The van der Waals surface area contributed by atoms with Crippen LogP contribution >= 0.6 is 0 Å². The maximum atomic E-state index is 12.4. The maximum absolute atomic E-state index is 12.4. The summed E-state index contributed by atoms with van der Waals surface area (Å²) in [4.78, 5) is 25.7. The van der Waals surface area contributed by atoms with Gasteiger partial charge < -0.3 is 9.64 Å². The minimum Gasteiger partial charge on any atom is -0.465 e. The Balaban J connectivity index is 1.83. The monoisotopic (exact) mass is 315 g/mol. The van der Waals surface area contributed by atoms with Gasteiger partial charge in [-0.05, 0) is 24.8 Å². The lowest BCUT2D eigenvalue weighted by Crippen LogP contribution is -2.32. The number of rotatable bonds is 8. The topological polar surface area (TPSA) is 46.6 Å². The number of hydrogen-bond acceptors (Lipinski definition) is 3. The third-order valence-corrected chi connectivity index (χ3v) is 4.03. The Kier molecular flexibility index (Phi) is 6.85. The number of nitrogens with zero attached hydrogens (tertiary/aromatic N) is 1. The maximum Gasteiger partial charge on any atom is 0.309 e. The van der Waals surface area contributed by atoms with Crippen LogP contribution < -0.4 is 0 Å². The molecular weight excluding hydrogens is 290 g/mol. The zero-order valence-electron chi connectivity index (χ0n) is 13.7. The van der Waals surface area contributed by atoms with E-state index in [4.69, 9.17) is 4.74 Å². The molecule has 1 aliphatic rings. The zero-order chi connectivity index (χ0) is 16.5. The highest BCUT2D eigenvalue weighted by Crippen LogP contribution is 2.20. The van der Waals surface area contributed by atoms with Crippen LogP contribution in [0.2, 0.25) is 0 Å². The Morgan fingerprint density at radius 3 is 2.78 bits per heavy atom. The quantitative estimate of drug-likeness (QED) is 0.692. The van der Waals surface area contributed by atoms with E-state index in [0.717, 1.165) is 24.9 Å². The van der Waals surface area contributed by atoms with E-state index >= 15 is 0 Å². The molecule has 0 bridgehead atoms. The van der Waals surface area contributed by atoms with Gasteiger partial charge in [0.2, 0.25) is 5.91 Å². The van der Waals surface area contributed by atoms with E-state index in [1.807, 2.05) is 47.4 Å². The fraction of sp³-hybridized carbons (Fsp3) is 0.474. The molecule has 1 aromatic carbocycles. The van der Waals surface area contributed by atoms with Crippen LogP contribution in [0, 0.1) is 5.92 Å². The smallest absolute Gasteiger partial charge is 0.309 e. The van der Waals surface area contributed by atoms with Crippen LogP contribution in [-0.4, -0.2) is 36.5 Å². The summed E-state index contributed by atoms with van der Waals surface area (Å²) in [5.41, 5.74) is 1.13. The normalized spacial score (nSPS) is 17.4. The first kappa shape index (κ1) is 17.3. The fourth-order valence-electron chi connectivity index (χ4n) is 2.72. The minimum absolute atomic E-state index is 0.0951. The van der Waals surface area contributed by atoms with E-state index in [9.17, 15) is 9.59 Å². The molecule has 1 fully saturated rings. The molecule has 0 spiro atoms. The highest BCUT2D eigenvalue weighted by molar-refractivity contribution is 5.78. The molecule has 1 aromatic rings. The van der Waals surface area contributed by atoms with E-state index < -0.39 is 0 Å². The Morgan fingerprint density at radius 2 is 2.13 bits per heavy atom. The summed E-state index contributed by atoms with van der Waals surface area (Å²) < 4.78 is 4.94. The molecule has 2 rings (SSSR count). The van der Waals surface area contributed by atoms with E-state index in [1.165, 1.54) is 0 Å². The summed E-state index contributed by atoms with van der Waals surface area (Å²) in [6.45, 7) is 3.91. The lowest BCUT2D eigenvalue weighted by atomic mass is 10.0. The molecule has 1 heterocycles. The second-order valence-corrected chi connectivity index (χ2v) is 5.84. The van der Waals surface area contributed by atoms with Crippen LogP contribution in [0.1, 0.15) is 38.2 Å². The molecule has 0 saturated carbocycles. The molecular formula is C19H25NO3. The molecule has 0 aliphatic carbocycles. The lowest BCUT2D eigenvalue weighted by molar-refractivity contribution is -0.141. The van der Waals surface area contributed by atoms with Gasteiger partial charge in [-0.3, -0.25) is 9.59 Å². The summed E-state index contributed by atoms with van der Waals surface area (Å²) in [5, 5.41) is 0. The number of ether oxygens (including phenoxy) is 1. The molecule has 124 valence electrons. The summed E-state index contributed by atoms with van der Waals surface area (Å²) in [5.74, 6) is -0.129. The standard InChI is InChI=1S/C19H25NO3/c1-2-13-20(14-6-9-16-7-4-3-5-8-16)18(21)11-10-17-12-15-23-19(17)22/h3-9,17H,2,10-15H2,1H3/b9-6+. The SMILES string of the molecule is CCCN(C/C=C/c1ccccc1)C(=O)CCC1CCOC1=O. The van der Waals surface area contributed by atoms with Gasteiger partial charge in [-0.15, -0.1) is 0 Å². The van der Waals surface area contributed by atoms with Crippen LogP contribution in [0.5, 0.6) is 0 Å². The number of benzene rings is 1. The largest absolute Gasteiger partial charge is 0.465 e. The first-order valence-electron chi connectivity index (χ1n) is 8.36. The molecule has 1 amide bonds. The predicted molar refractivity (Wildman–Crippen MR) is 90.6 cm³/mol. The first-order chi connectivity index (χ1) is 11.2. The molecule has 4 heteroatoms. The lowest BCUT2D eigenvalue weighted by Gasteiger charge is -2.21. The highest BCUT2D eigenvalue weighted by atomic mass is 16.5. The van der Waals surface area contributed by atoms with Crippen LogP contribution in [0.25, 0.3) is 6.08 Å². The summed E-state index contributed by atoms with van der Waals surface area (Å²) >= 11 is 0. The second kappa shape index (κ2) is 9.13. The molecule has 0 N–H and O–H groups in total. The van der Waals surface area contributed by atoms with Crippen LogP contribution in [0.15, 0.2) is 36.4 Å². The Morgan fingerprint density at radius 1 is 1.35 bits per heavy atom. The van der Waals surface area contributed by atoms with Crippen molar-refractivity contribution in [3.63, 3.8) is 0 Å².